The Morgan fingerprint density at radius 3 is 2.56 bits per heavy atom. The Morgan fingerprint density at radius 1 is 1.33 bits per heavy atom. The van der Waals surface area contributed by atoms with Crippen LogP contribution in [-0.4, -0.2) is 20.5 Å². The number of aromatic nitrogens is 2. The van der Waals surface area contributed by atoms with Crippen molar-refractivity contribution in [2.24, 2.45) is 0 Å². The smallest absolute Gasteiger partial charge is 0.431 e. The van der Waals surface area contributed by atoms with E-state index in [1.807, 2.05) is 0 Å². The molecular formula is C10H5F3N2O3. The molecule has 0 unspecified atom stereocenters. The van der Waals surface area contributed by atoms with Crippen molar-refractivity contribution in [1.29, 1.82) is 0 Å². The number of carboxylic acids is 1. The summed E-state index contributed by atoms with van der Waals surface area (Å²) < 4.78 is 38.3. The molecule has 5 nitrogen and oxygen atoms in total. The highest BCUT2D eigenvalue weighted by Gasteiger charge is 2.34. The summed E-state index contributed by atoms with van der Waals surface area (Å²) in [4.78, 5) is 25.7. The standard InChI is InChI=1S/C10H5F3N2O3/c11-10(12,13)6-2-1-3-7-14-5(9(17)18)4-8(16)15(6)7/h1-4H,(H,17,18). The van der Waals surface area contributed by atoms with E-state index in [9.17, 15) is 22.8 Å². The fourth-order valence-electron chi connectivity index (χ4n) is 1.48. The van der Waals surface area contributed by atoms with Crippen LogP contribution in [0, 0.1) is 0 Å². The second-order valence-electron chi connectivity index (χ2n) is 3.39. The number of aromatic carboxylic acids is 1. The minimum Gasteiger partial charge on any atom is -0.477 e. The Morgan fingerprint density at radius 2 is 2.00 bits per heavy atom. The molecule has 2 rings (SSSR count). The van der Waals surface area contributed by atoms with Gasteiger partial charge >= 0.3 is 12.1 Å². The van der Waals surface area contributed by atoms with Crippen LogP contribution < -0.4 is 5.56 Å². The van der Waals surface area contributed by atoms with E-state index >= 15 is 0 Å². The van der Waals surface area contributed by atoms with Crippen LogP contribution in [0.25, 0.3) is 5.65 Å². The molecule has 0 amide bonds. The highest BCUT2D eigenvalue weighted by molar-refractivity contribution is 5.85. The average Bonchev–Trinajstić information content (AvgIpc) is 2.26. The van der Waals surface area contributed by atoms with Crippen LogP contribution in [0.5, 0.6) is 0 Å². The van der Waals surface area contributed by atoms with Crippen molar-refractivity contribution in [2.75, 3.05) is 0 Å². The van der Waals surface area contributed by atoms with Crippen LogP contribution in [0.4, 0.5) is 13.2 Å². The first kappa shape index (κ1) is 12.1. The van der Waals surface area contributed by atoms with E-state index in [-0.39, 0.29) is 5.65 Å². The highest BCUT2D eigenvalue weighted by atomic mass is 19.4. The minimum atomic E-state index is -4.73. The van der Waals surface area contributed by atoms with E-state index in [4.69, 9.17) is 5.11 Å². The van der Waals surface area contributed by atoms with Gasteiger partial charge in [0.2, 0.25) is 0 Å². The predicted octanol–water partition coefficient (Wildman–Crippen LogP) is 1.41. The normalized spacial score (nSPS) is 11.7. The highest BCUT2D eigenvalue weighted by Crippen LogP contribution is 2.28. The lowest BCUT2D eigenvalue weighted by Crippen LogP contribution is -2.24. The zero-order valence-corrected chi connectivity index (χ0v) is 8.60. The van der Waals surface area contributed by atoms with Gasteiger partial charge in [-0.2, -0.15) is 13.2 Å². The van der Waals surface area contributed by atoms with Gasteiger partial charge in [-0.05, 0) is 12.1 Å². The first-order valence-electron chi connectivity index (χ1n) is 4.64. The van der Waals surface area contributed by atoms with Crippen molar-refractivity contribution < 1.29 is 23.1 Å². The van der Waals surface area contributed by atoms with Crippen LogP contribution >= 0.6 is 0 Å². The predicted molar refractivity (Wildman–Crippen MR) is 53.4 cm³/mol. The Bertz CT molecular complexity index is 691. The van der Waals surface area contributed by atoms with Crippen molar-refractivity contribution in [2.45, 2.75) is 6.18 Å². The molecule has 0 fully saturated rings. The molecule has 0 aliphatic carbocycles. The third kappa shape index (κ3) is 1.92. The van der Waals surface area contributed by atoms with E-state index in [1.54, 1.807) is 0 Å². The second kappa shape index (κ2) is 3.83. The van der Waals surface area contributed by atoms with E-state index < -0.39 is 29.1 Å². The van der Waals surface area contributed by atoms with Gasteiger partial charge in [0.15, 0.2) is 5.69 Å². The number of nitrogens with zero attached hydrogens (tertiary/aromatic N) is 2. The molecule has 0 saturated heterocycles. The molecule has 0 bridgehead atoms. The Hall–Kier alpha value is -2.38. The van der Waals surface area contributed by atoms with Crippen LogP contribution in [0.2, 0.25) is 0 Å². The molecule has 0 spiro atoms. The minimum absolute atomic E-state index is 0.326. The molecule has 94 valence electrons. The number of rotatable bonds is 1. The molecule has 0 aliphatic heterocycles. The van der Waals surface area contributed by atoms with Gasteiger partial charge in [-0.1, -0.05) is 6.07 Å². The molecule has 0 aromatic carbocycles. The van der Waals surface area contributed by atoms with Gasteiger partial charge < -0.3 is 5.11 Å². The molecule has 1 N–H and O–H groups in total. The number of hydrogen-bond acceptors (Lipinski definition) is 3. The summed E-state index contributed by atoms with van der Waals surface area (Å²) in [5.74, 6) is -1.48. The summed E-state index contributed by atoms with van der Waals surface area (Å²) in [5.41, 5.74) is -3.26. The van der Waals surface area contributed by atoms with Gasteiger partial charge in [0.25, 0.3) is 5.56 Å². The fraction of sp³-hybridized carbons (Fsp3) is 0.100. The summed E-state index contributed by atoms with van der Waals surface area (Å²) >= 11 is 0. The van der Waals surface area contributed by atoms with Crippen LogP contribution in [-0.2, 0) is 6.18 Å². The lowest BCUT2D eigenvalue weighted by molar-refractivity contribution is -0.142. The van der Waals surface area contributed by atoms with E-state index in [0.29, 0.717) is 10.5 Å². The van der Waals surface area contributed by atoms with Crippen LogP contribution in [0.15, 0.2) is 29.1 Å². The van der Waals surface area contributed by atoms with Gasteiger partial charge in [-0.25, -0.2) is 9.78 Å². The van der Waals surface area contributed by atoms with Crippen LogP contribution in [0.1, 0.15) is 16.2 Å². The summed E-state index contributed by atoms with van der Waals surface area (Å²) in [5, 5.41) is 8.67. The summed E-state index contributed by atoms with van der Waals surface area (Å²) in [6.07, 6.45) is -4.73. The van der Waals surface area contributed by atoms with Gasteiger partial charge in [0, 0.05) is 6.07 Å². The SMILES string of the molecule is O=C(O)c1cc(=O)n2c(C(F)(F)F)cccc2n1. The van der Waals surface area contributed by atoms with Crippen molar-refractivity contribution in [3.63, 3.8) is 0 Å². The van der Waals surface area contributed by atoms with Gasteiger partial charge in [-0.15, -0.1) is 0 Å². The maximum Gasteiger partial charge on any atom is 0.431 e. The van der Waals surface area contributed by atoms with Crippen molar-refractivity contribution in [3.8, 4) is 0 Å². The zero-order chi connectivity index (χ0) is 13.5. The molecule has 0 atom stereocenters. The maximum absolute atomic E-state index is 12.7. The summed E-state index contributed by atoms with van der Waals surface area (Å²) in [6, 6.07) is 3.44. The molecule has 2 aromatic rings. The molecule has 2 aromatic heterocycles. The Kier molecular flexibility index (Phi) is 2.57. The number of halogens is 3. The largest absolute Gasteiger partial charge is 0.477 e. The number of fused-ring (bicyclic) bond motifs is 1. The number of pyridine rings is 1. The zero-order valence-electron chi connectivity index (χ0n) is 8.60. The monoisotopic (exact) mass is 258 g/mol. The van der Waals surface area contributed by atoms with Gasteiger partial charge in [0.1, 0.15) is 11.3 Å². The van der Waals surface area contributed by atoms with Crippen molar-refractivity contribution >= 4 is 11.6 Å². The lowest BCUT2D eigenvalue weighted by Gasteiger charge is -2.10. The number of hydrogen-bond donors (Lipinski definition) is 1. The quantitative estimate of drug-likeness (QED) is 0.839. The lowest BCUT2D eigenvalue weighted by atomic mass is 10.3. The number of carbonyl (C=O) groups is 1. The molecule has 0 saturated carbocycles. The first-order valence-corrected chi connectivity index (χ1v) is 4.64. The summed E-state index contributed by atoms with van der Waals surface area (Å²) in [7, 11) is 0. The fourth-order valence-corrected chi connectivity index (χ4v) is 1.48. The average molecular weight is 258 g/mol. The van der Waals surface area contributed by atoms with Gasteiger partial charge in [-0.3, -0.25) is 9.20 Å². The molecule has 0 radical (unpaired) electrons. The molecule has 0 aliphatic rings. The van der Waals surface area contributed by atoms with E-state index in [2.05, 4.69) is 4.98 Å². The maximum atomic E-state index is 12.7. The third-order valence-electron chi connectivity index (χ3n) is 2.19. The topological polar surface area (TPSA) is 71.7 Å². The third-order valence-corrected chi connectivity index (χ3v) is 2.19. The number of carboxylic acid groups (broad SMARTS) is 1. The molecule has 2 heterocycles. The summed E-state index contributed by atoms with van der Waals surface area (Å²) in [6.45, 7) is 0. The molecule has 18 heavy (non-hydrogen) atoms. The Balaban J connectivity index is 2.88. The van der Waals surface area contributed by atoms with E-state index in [0.717, 1.165) is 18.2 Å². The second-order valence-corrected chi connectivity index (χ2v) is 3.39. The van der Waals surface area contributed by atoms with Crippen molar-refractivity contribution in [1.82, 2.24) is 9.38 Å². The van der Waals surface area contributed by atoms with E-state index in [1.165, 1.54) is 0 Å². The molecular weight excluding hydrogens is 253 g/mol. The molecule has 8 heteroatoms. The van der Waals surface area contributed by atoms with Crippen LogP contribution in [0.3, 0.4) is 0 Å². The van der Waals surface area contributed by atoms with Gasteiger partial charge in [0.05, 0.1) is 0 Å². The first-order chi connectivity index (χ1) is 8.30. The Labute approximate surface area is 97.1 Å². The number of alkyl halides is 3. The van der Waals surface area contributed by atoms with Crippen molar-refractivity contribution in [3.05, 3.63) is 46.0 Å².